The van der Waals surface area contributed by atoms with Crippen LogP contribution in [0.3, 0.4) is 0 Å². The van der Waals surface area contributed by atoms with Gasteiger partial charge >= 0.3 is 0 Å². The minimum Gasteiger partial charge on any atom is -0.397 e. The van der Waals surface area contributed by atoms with E-state index < -0.39 is 0 Å². The lowest BCUT2D eigenvalue weighted by Gasteiger charge is -2.08. The summed E-state index contributed by atoms with van der Waals surface area (Å²) in [5, 5.41) is 2.82. The van der Waals surface area contributed by atoms with E-state index in [1.165, 1.54) is 0 Å². The van der Waals surface area contributed by atoms with Crippen molar-refractivity contribution in [2.75, 3.05) is 11.1 Å². The number of anilines is 2. The summed E-state index contributed by atoms with van der Waals surface area (Å²) in [6.45, 7) is 1.96. The first kappa shape index (κ1) is 13.1. The van der Waals surface area contributed by atoms with E-state index in [9.17, 15) is 4.79 Å². The summed E-state index contributed by atoms with van der Waals surface area (Å²) in [4.78, 5) is 12.9. The Morgan fingerprint density at radius 2 is 2.17 bits per heavy atom. The van der Waals surface area contributed by atoms with Crippen LogP contribution >= 0.6 is 27.3 Å². The Labute approximate surface area is 118 Å². The summed E-state index contributed by atoms with van der Waals surface area (Å²) >= 11 is 4.93. The van der Waals surface area contributed by atoms with Crippen LogP contribution in [0.1, 0.15) is 10.4 Å². The molecule has 0 saturated heterocycles. The predicted octanol–water partition coefficient (Wildman–Crippen LogP) is 3.58. The monoisotopic (exact) mass is 324 g/mol. The molecular formula is C13H13BrN2OS. The fourth-order valence-electron chi connectivity index (χ4n) is 1.60. The number of rotatable bonds is 3. The summed E-state index contributed by atoms with van der Waals surface area (Å²) in [6.07, 6.45) is 0.365. The van der Waals surface area contributed by atoms with E-state index in [4.69, 9.17) is 5.73 Å². The van der Waals surface area contributed by atoms with Crippen LogP contribution in [-0.2, 0) is 11.2 Å². The molecule has 0 aliphatic heterocycles. The standard InChI is InChI=1S/C13H13BrN2OS/c1-8-2-4-11(10(15)6-8)16-13(17)7-9-3-5-12(14)18-9/h2-6H,7,15H2,1H3,(H,16,17). The van der Waals surface area contributed by atoms with Crippen LogP contribution in [0.15, 0.2) is 34.1 Å². The lowest BCUT2D eigenvalue weighted by molar-refractivity contribution is -0.115. The van der Waals surface area contributed by atoms with Crippen molar-refractivity contribution in [1.29, 1.82) is 0 Å². The summed E-state index contributed by atoms with van der Waals surface area (Å²) in [7, 11) is 0. The quantitative estimate of drug-likeness (QED) is 0.848. The summed E-state index contributed by atoms with van der Waals surface area (Å²) in [5.41, 5.74) is 8.19. The van der Waals surface area contributed by atoms with Crippen molar-refractivity contribution in [3.8, 4) is 0 Å². The van der Waals surface area contributed by atoms with Gasteiger partial charge in [0.05, 0.1) is 21.6 Å². The van der Waals surface area contributed by atoms with E-state index in [1.807, 2.05) is 37.3 Å². The van der Waals surface area contributed by atoms with E-state index in [0.717, 1.165) is 14.2 Å². The molecule has 94 valence electrons. The fourth-order valence-corrected chi connectivity index (χ4v) is 3.08. The average Bonchev–Trinajstić information content (AvgIpc) is 2.68. The highest BCUT2D eigenvalue weighted by Gasteiger charge is 2.08. The van der Waals surface area contributed by atoms with Crippen molar-refractivity contribution in [3.05, 3.63) is 44.6 Å². The molecular weight excluding hydrogens is 312 g/mol. The predicted molar refractivity (Wildman–Crippen MR) is 79.9 cm³/mol. The molecule has 0 aliphatic carbocycles. The largest absolute Gasteiger partial charge is 0.397 e. The molecule has 0 fully saturated rings. The number of benzene rings is 1. The molecule has 0 aliphatic rings. The van der Waals surface area contributed by atoms with Crippen molar-refractivity contribution in [2.45, 2.75) is 13.3 Å². The number of carbonyl (C=O) groups excluding carboxylic acids is 1. The van der Waals surface area contributed by atoms with Gasteiger partial charge in [-0.05, 0) is 52.7 Å². The molecule has 0 unspecified atom stereocenters. The maximum Gasteiger partial charge on any atom is 0.229 e. The summed E-state index contributed by atoms with van der Waals surface area (Å²) in [6, 6.07) is 9.47. The highest BCUT2D eigenvalue weighted by atomic mass is 79.9. The third-order valence-corrected chi connectivity index (χ3v) is 4.07. The zero-order valence-corrected chi connectivity index (χ0v) is 12.3. The van der Waals surface area contributed by atoms with Crippen LogP contribution in [0.25, 0.3) is 0 Å². The van der Waals surface area contributed by atoms with Gasteiger partial charge in [-0.1, -0.05) is 6.07 Å². The zero-order chi connectivity index (χ0) is 13.1. The molecule has 0 radical (unpaired) electrons. The van der Waals surface area contributed by atoms with Gasteiger partial charge in [-0.15, -0.1) is 11.3 Å². The highest BCUT2D eigenvalue weighted by molar-refractivity contribution is 9.11. The molecule has 0 saturated carbocycles. The summed E-state index contributed by atoms with van der Waals surface area (Å²) < 4.78 is 1.03. The smallest absolute Gasteiger partial charge is 0.229 e. The molecule has 3 N–H and O–H groups in total. The van der Waals surface area contributed by atoms with Gasteiger partial charge in [-0.3, -0.25) is 4.79 Å². The number of aryl methyl sites for hydroxylation is 1. The maximum absolute atomic E-state index is 11.9. The molecule has 1 amide bonds. The van der Waals surface area contributed by atoms with Crippen LogP contribution in [0.4, 0.5) is 11.4 Å². The molecule has 2 aromatic rings. The Hall–Kier alpha value is -1.33. The second kappa shape index (κ2) is 5.54. The summed E-state index contributed by atoms with van der Waals surface area (Å²) in [5.74, 6) is -0.0556. The van der Waals surface area contributed by atoms with Gasteiger partial charge in [0.1, 0.15) is 0 Å². The number of hydrogen-bond donors (Lipinski definition) is 2. The molecule has 5 heteroatoms. The number of nitrogens with one attached hydrogen (secondary N) is 1. The van der Waals surface area contributed by atoms with E-state index >= 15 is 0 Å². The van der Waals surface area contributed by atoms with Gasteiger partial charge in [0.2, 0.25) is 5.91 Å². The van der Waals surface area contributed by atoms with Crippen molar-refractivity contribution in [2.24, 2.45) is 0 Å². The molecule has 2 rings (SSSR count). The average molecular weight is 325 g/mol. The normalized spacial score (nSPS) is 10.3. The van der Waals surface area contributed by atoms with Gasteiger partial charge in [-0.25, -0.2) is 0 Å². The Morgan fingerprint density at radius 1 is 1.39 bits per heavy atom. The highest BCUT2D eigenvalue weighted by Crippen LogP contribution is 2.23. The number of nitrogen functional groups attached to an aromatic ring is 1. The number of hydrogen-bond acceptors (Lipinski definition) is 3. The maximum atomic E-state index is 11.9. The first-order valence-electron chi connectivity index (χ1n) is 5.45. The van der Waals surface area contributed by atoms with Crippen LogP contribution in [0.2, 0.25) is 0 Å². The van der Waals surface area contributed by atoms with E-state index in [0.29, 0.717) is 17.8 Å². The van der Waals surface area contributed by atoms with Crippen LogP contribution in [0, 0.1) is 6.92 Å². The van der Waals surface area contributed by atoms with E-state index in [-0.39, 0.29) is 5.91 Å². The second-order valence-electron chi connectivity index (χ2n) is 4.02. The molecule has 0 bridgehead atoms. The molecule has 0 spiro atoms. The number of halogens is 1. The van der Waals surface area contributed by atoms with Gasteiger partial charge in [0, 0.05) is 4.88 Å². The molecule has 18 heavy (non-hydrogen) atoms. The molecule has 1 aromatic carbocycles. The second-order valence-corrected chi connectivity index (χ2v) is 6.57. The Kier molecular flexibility index (Phi) is 4.04. The first-order chi connectivity index (χ1) is 8.54. The number of amides is 1. The van der Waals surface area contributed by atoms with Crippen LogP contribution in [0.5, 0.6) is 0 Å². The first-order valence-corrected chi connectivity index (χ1v) is 7.06. The van der Waals surface area contributed by atoms with Gasteiger partial charge in [0.25, 0.3) is 0 Å². The Balaban J connectivity index is 2.03. The molecule has 1 aromatic heterocycles. The van der Waals surface area contributed by atoms with Crippen molar-refractivity contribution >= 4 is 44.5 Å². The number of thiophene rings is 1. The molecule has 1 heterocycles. The lowest BCUT2D eigenvalue weighted by Crippen LogP contribution is -2.14. The van der Waals surface area contributed by atoms with Gasteiger partial charge in [-0.2, -0.15) is 0 Å². The van der Waals surface area contributed by atoms with Crippen molar-refractivity contribution < 1.29 is 4.79 Å². The zero-order valence-electron chi connectivity index (χ0n) is 9.87. The number of nitrogens with two attached hydrogens (primary N) is 1. The molecule has 0 atom stereocenters. The molecule has 3 nitrogen and oxygen atoms in total. The third-order valence-electron chi connectivity index (χ3n) is 2.44. The van der Waals surface area contributed by atoms with Crippen LogP contribution < -0.4 is 11.1 Å². The number of carbonyl (C=O) groups is 1. The lowest BCUT2D eigenvalue weighted by atomic mass is 10.2. The fraction of sp³-hybridized carbons (Fsp3) is 0.154. The van der Waals surface area contributed by atoms with Crippen LogP contribution in [-0.4, -0.2) is 5.91 Å². The SMILES string of the molecule is Cc1ccc(NC(=O)Cc2ccc(Br)s2)c(N)c1. The third kappa shape index (κ3) is 3.34. The van der Waals surface area contributed by atoms with Crippen molar-refractivity contribution in [1.82, 2.24) is 0 Å². The van der Waals surface area contributed by atoms with E-state index in [2.05, 4.69) is 21.2 Å². The van der Waals surface area contributed by atoms with Gasteiger partial charge in [0.15, 0.2) is 0 Å². The van der Waals surface area contributed by atoms with E-state index in [1.54, 1.807) is 11.3 Å². The Bertz CT molecular complexity index is 580. The minimum atomic E-state index is -0.0556. The van der Waals surface area contributed by atoms with Crippen molar-refractivity contribution in [3.63, 3.8) is 0 Å². The van der Waals surface area contributed by atoms with Gasteiger partial charge < -0.3 is 11.1 Å². The topological polar surface area (TPSA) is 55.1 Å². The Morgan fingerprint density at radius 3 is 2.78 bits per heavy atom. The minimum absolute atomic E-state index is 0.0556.